The van der Waals surface area contributed by atoms with Gasteiger partial charge in [-0.3, -0.25) is 0 Å². The van der Waals surface area contributed by atoms with E-state index in [0.29, 0.717) is 0 Å². The SMILES string of the molecule is CC1(C)OC12OC2(C)C. The third-order valence-corrected chi connectivity index (χ3v) is 2.30. The van der Waals surface area contributed by atoms with Gasteiger partial charge in [-0.1, -0.05) is 0 Å². The third-order valence-electron chi connectivity index (χ3n) is 2.30. The molecule has 2 aliphatic heterocycles. The molecule has 0 aliphatic carbocycles. The van der Waals surface area contributed by atoms with Crippen LogP contribution in [0.1, 0.15) is 27.7 Å². The molecule has 2 heteroatoms. The minimum Gasteiger partial charge on any atom is -0.333 e. The van der Waals surface area contributed by atoms with Crippen molar-refractivity contribution in [3.05, 3.63) is 0 Å². The Labute approximate surface area is 55.1 Å². The fourth-order valence-corrected chi connectivity index (χ4v) is 1.66. The van der Waals surface area contributed by atoms with E-state index in [1.54, 1.807) is 0 Å². The van der Waals surface area contributed by atoms with Crippen LogP contribution in [0.4, 0.5) is 0 Å². The Bertz CT molecular complexity index is 150. The summed E-state index contributed by atoms with van der Waals surface area (Å²) in [4.78, 5) is 0. The summed E-state index contributed by atoms with van der Waals surface area (Å²) in [6.07, 6.45) is 0. The summed E-state index contributed by atoms with van der Waals surface area (Å²) in [6.45, 7) is 8.23. The van der Waals surface area contributed by atoms with Gasteiger partial charge in [0.1, 0.15) is 11.2 Å². The van der Waals surface area contributed by atoms with Gasteiger partial charge in [0.25, 0.3) is 0 Å². The van der Waals surface area contributed by atoms with E-state index in [9.17, 15) is 0 Å². The molecular formula is C7H12O2. The second kappa shape index (κ2) is 0.956. The predicted molar refractivity (Wildman–Crippen MR) is 33.1 cm³/mol. The highest BCUT2D eigenvalue weighted by Gasteiger charge is 2.86. The largest absolute Gasteiger partial charge is 0.333 e. The Morgan fingerprint density at radius 1 is 0.778 bits per heavy atom. The quantitative estimate of drug-likeness (QED) is 0.459. The van der Waals surface area contributed by atoms with Gasteiger partial charge in [-0.2, -0.15) is 0 Å². The van der Waals surface area contributed by atoms with Gasteiger partial charge in [0.05, 0.1) is 0 Å². The monoisotopic (exact) mass is 128 g/mol. The zero-order chi connectivity index (χ0) is 6.91. The molecule has 0 amide bonds. The van der Waals surface area contributed by atoms with Gasteiger partial charge < -0.3 is 9.47 Å². The fraction of sp³-hybridized carbons (Fsp3) is 1.00. The van der Waals surface area contributed by atoms with Crippen LogP contribution in [-0.4, -0.2) is 17.0 Å². The highest BCUT2D eigenvalue weighted by Crippen LogP contribution is 2.68. The number of epoxide rings is 2. The van der Waals surface area contributed by atoms with Gasteiger partial charge in [-0.15, -0.1) is 0 Å². The number of ether oxygens (including phenoxy) is 2. The molecule has 0 saturated carbocycles. The standard InChI is InChI=1S/C7H12O2/c1-5(2)7(8-5)6(3,4)9-7/h1-4H3. The molecule has 2 saturated heterocycles. The molecule has 0 N–H and O–H groups in total. The lowest BCUT2D eigenvalue weighted by Crippen LogP contribution is -2.13. The van der Waals surface area contributed by atoms with E-state index in [1.807, 2.05) is 0 Å². The molecule has 0 atom stereocenters. The van der Waals surface area contributed by atoms with Crippen LogP contribution < -0.4 is 0 Å². The molecule has 0 radical (unpaired) electrons. The lowest BCUT2D eigenvalue weighted by atomic mass is 10.0. The highest BCUT2D eigenvalue weighted by molar-refractivity contribution is 5.24. The van der Waals surface area contributed by atoms with E-state index in [4.69, 9.17) is 9.47 Å². The topological polar surface area (TPSA) is 25.1 Å². The number of rotatable bonds is 0. The lowest BCUT2D eigenvalue weighted by Gasteiger charge is -1.89. The van der Waals surface area contributed by atoms with E-state index in [0.717, 1.165) is 0 Å². The maximum absolute atomic E-state index is 5.40. The van der Waals surface area contributed by atoms with Gasteiger partial charge in [-0.05, 0) is 27.7 Å². The van der Waals surface area contributed by atoms with Crippen molar-refractivity contribution in [2.75, 3.05) is 0 Å². The average Bonchev–Trinajstić information content (AvgIpc) is 2.20. The van der Waals surface area contributed by atoms with Crippen molar-refractivity contribution in [3.8, 4) is 0 Å². The molecule has 0 aromatic carbocycles. The molecular weight excluding hydrogens is 116 g/mol. The molecule has 2 aliphatic rings. The van der Waals surface area contributed by atoms with Crippen LogP contribution >= 0.6 is 0 Å². The van der Waals surface area contributed by atoms with E-state index >= 15 is 0 Å². The van der Waals surface area contributed by atoms with E-state index in [-0.39, 0.29) is 17.0 Å². The first-order valence-electron chi connectivity index (χ1n) is 3.32. The highest BCUT2D eigenvalue weighted by atomic mass is 16.9. The summed E-state index contributed by atoms with van der Waals surface area (Å²) in [6, 6.07) is 0. The van der Waals surface area contributed by atoms with Crippen LogP contribution in [0.15, 0.2) is 0 Å². The molecule has 0 aromatic rings. The molecule has 2 rings (SSSR count). The smallest absolute Gasteiger partial charge is 0.228 e. The van der Waals surface area contributed by atoms with Gasteiger partial charge in [-0.25, -0.2) is 0 Å². The molecule has 0 bridgehead atoms. The molecule has 0 aromatic heterocycles. The normalized spacial score (nSPS) is 38.7. The Morgan fingerprint density at radius 3 is 1.00 bits per heavy atom. The van der Waals surface area contributed by atoms with Crippen molar-refractivity contribution >= 4 is 0 Å². The summed E-state index contributed by atoms with van der Waals surface area (Å²) in [5, 5.41) is 0. The van der Waals surface area contributed by atoms with Gasteiger partial charge in [0, 0.05) is 0 Å². The molecule has 52 valence electrons. The van der Waals surface area contributed by atoms with E-state index in [1.165, 1.54) is 0 Å². The first-order chi connectivity index (χ1) is 3.91. The molecule has 2 heterocycles. The van der Waals surface area contributed by atoms with E-state index in [2.05, 4.69) is 27.7 Å². The van der Waals surface area contributed by atoms with Gasteiger partial charge in [0.15, 0.2) is 0 Å². The van der Waals surface area contributed by atoms with Crippen molar-refractivity contribution in [3.63, 3.8) is 0 Å². The Morgan fingerprint density at radius 2 is 1.00 bits per heavy atom. The van der Waals surface area contributed by atoms with Crippen LogP contribution in [0.5, 0.6) is 0 Å². The van der Waals surface area contributed by atoms with Crippen molar-refractivity contribution in [2.24, 2.45) is 0 Å². The predicted octanol–water partition coefficient (Wildman–Crippen LogP) is 1.30. The molecule has 1 spiro atoms. The van der Waals surface area contributed by atoms with Crippen LogP contribution in [0.2, 0.25) is 0 Å². The fourth-order valence-electron chi connectivity index (χ4n) is 1.66. The second-order valence-electron chi connectivity index (χ2n) is 3.84. The van der Waals surface area contributed by atoms with Crippen LogP contribution in [0.25, 0.3) is 0 Å². The minimum atomic E-state index is -0.208. The lowest BCUT2D eigenvalue weighted by molar-refractivity contribution is 0.236. The summed E-state index contributed by atoms with van der Waals surface area (Å²) in [5.41, 5.74) is -0.0625. The van der Waals surface area contributed by atoms with Crippen molar-refractivity contribution in [2.45, 2.75) is 44.7 Å². The molecule has 2 fully saturated rings. The average molecular weight is 128 g/mol. The van der Waals surface area contributed by atoms with Crippen molar-refractivity contribution in [1.82, 2.24) is 0 Å². The zero-order valence-corrected chi connectivity index (χ0v) is 6.32. The third kappa shape index (κ3) is 0.413. The zero-order valence-electron chi connectivity index (χ0n) is 6.32. The maximum Gasteiger partial charge on any atom is 0.228 e. The number of hydrogen-bond donors (Lipinski definition) is 0. The molecule has 9 heavy (non-hydrogen) atoms. The van der Waals surface area contributed by atoms with Gasteiger partial charge >= 0.3 is 0 Å². The molecule has 2 nitrogen and oxygen atoms in total. The first kappa shape index (κ1) is 5.69. The summed E-state index contributed by atoms with van der Waals surface area (Å²) in [5.74, 6) is -0.208. The maximum atomic E-state index is 5.40. The second-order valence-corrected chi connectivity index (χ2v) is 3.84. The summed E-state index contributed by atoms with van der Waals surface area (Å²) >= 11 is 0. The Hall–Kier alpha value is -0.0800. The van der Waals surface area contributed by atoms with E-state index < -0.39 is 0 Å². The van der Waals surface area contributed by atoms with Crippen molar-refractivity contribution < 1.29 is 9.47 Å². The van der Waals surface area contributed by atoms with Crippen LogP contribution in [0.3, 0.4) is 0 Å². The van der Waals surface area contributed by atoms with Crippen LogP contribution in [-0.2, 0) is 9.47 Å². The number of hydrogen-bond acceptors (Lipinski definition) is 2. The van der Waals surface area contributed by atoms with Gasteiger partial charge in [0.2, 0.25) is 5.79 Å². The minimum absolute atomic E-state index is 0.0312. The Kier molecular flexibility index (Phi) is 0.604. The van der Waals surface area contributed by atoms with Crippen molar-refractivity contribution in [1.29, 1.82) is 0 Å². The first-order valence-corrected chi connectivity index (χ1v) is 3.32. The summed E-state index contributed by atoms with van der Waals surface area (Å²) in [7, 11) is 0. The molecule has 0 unspecified atom stereocenters. The Balaban J connectivity index is 2.22. The van der Waals surface area contributed by atoms with Crippen LogP contribution in [0, 0.1) is 0 Å². The summed E-state index contributed by atoms with van der Waals surface area (Å²) < 4.78 is 10.8.